The van der Waals surface area contributed by atoms with Crippen molar-refractivity contribution in [1.29, 1.82) is 5.26 Å². The van der Waals surface area contributed by atoms with Crippen molar-refractivity contribution < 1.29 is 14.3 Å². The molecule has 0 heterocycles. The summed E-state index contributed by atoms with van der Waals surface area (Å²) >= 11 is 0. The molecule has 0 spiro atoms. The summed E-state index contributed by atoms with van der Waals surface area (Å²) in [4.78, 5) is 0. The summed E-state index contributed by atoms with van der Waals surface area (Å²) < 4.78 is 11.4. The van der Waals surface area contributed by atoms with E-state index in [0.717, 1.165) is 11.1 Å². The predicted molar refractivity (Wildman–Crippen MR) is 110 cm³/mol. The second kappa shape index (κ2) is 8.70. The lowest BCUT2D eigenvalue weighted by molar-refractivity contribution is 0.0865. The number of hydrogen-bond acceptors (Lipinski definition) is 4. The third-order valence-corrected chi connectivity index (χ3v) is 5.23. The van der Waals surface area contributed by atoms with E-state index in [1.165, 1.54) is 7.11 Å². The van der Waals surface area contributed by atoms with Gasteiger partial charge in [-0.05, 0) is 47.3 Å². The van der Waals surface area contributed by atoms with Gasteiger partial charge in [-0.1, -0.05) is 51.1 Å². The Bertz CT molecular complexity index is 804. The average Bonchev–Trinajstić information content (AvgIpc) is 2.64. The van der Waals surface area contributed by atoms with Gasteiger partial charge in [0.1, 0.15) is 17.9 Å². The fraction of sp³-hybridized carbons (Fsp3) is 0.409. The molecule has 0 saturated heterocycles. The SMILES string of the molecule is COc1ccc(C(O)c2ccc(C(O[SiH](C)C)C(C)(C)C)cc2)cc1C#N. The van der Waals surface area contributed by atoms with Crippen molar-refractivity contribution in [1.82, 2.24) is 0 Å². The summed E-state index contributed by atoms with van der Waals surface area (Å²) in [6, 6.07) is 15.2. The number of hydrogen-bond donors (Lipinski definition) is 1. The Balaban J connectivity index is 2.29. The minimum atomic E-state index is -1.19. The van der Waals surface area contributed by atoms with Crippen molar-refractivity contribution in [3.63, 3.8) is 0 Å². The molecule has 2 rings (SSSR count). The van der Waals surface area contributed by atoms with E-state index in [9.17, 15) is 10.4 Å². The fourth-order valence-electron chi connectivity index (χ4n) is 3.08. The zero-order chi connectivity index (χ0) is 20.2. The van der Waals surface area contributed by atoms with Gasteiger partial charge in [0.15, 0.2) is 9.04 Å². The molecule has 2 atom stereocenters. The molecule has 144 valence electrons. The van der Waals surface area contributed by atoms with Crippen molar-refractivity contribution in [2.75, 3.05) is 7.11 Å². The molecule has 0 amide bonds. The van der Waals surface area contributed by atoms with Gasteiger partial charge in [0.25, 0.3) is 0 Å². The number of rotatable bonds is 6. The molecule has 0 radical (unpaired) electrons. The van der Waals surface area contributed by atoms with Crippen LogP contribution < -0.4 is 4.74 Å². The molecule has 0 aliphatic rings. The molecule has 2 unspecified atom stereocenters. The molecular formula is C22H29NO3Si. The highest BCUT2D eigenvalue weighted by atomic mass is 28.3. The minimum Gasteiger partial charge on any atom is -0.495 e. The standard InChI is InChI=1S/C22H29NO3Si/c1-22(2,3)21(26-27(5)6)16-9-7-15(8-10-16)20(24)17-11-12-19(25-4)18(13-17)14-23/h7-13,20-21,24,27H,1-6H3. The molecule has 0 saturated carbocycles. The summed E-state index contributed by atoms with van der Waals surface area (Å²) in [7, 11) is 0.338. The normalized spacial score (nSPS) is 13.9. The first-order valence-electron chi connectivity index (χ1n) is 9.18. The summed E-state index contributed by atoms with van der Waals surface area (Å²) in [6.45, 7) is 10.9. The third-order valence-electron chi connectivity index (χ3n) is 4.41. The Morgan fingerprint density at radius 2 is 1.56 bits per heavy atom. The Kier molecular flexibility index (Phi) is 6.82. The molecule has 4 nitrogen and oxygen atoms in total. The summed E-state index contributed by atoms with van der Waals surface area (Å²) in [5.41, 5.74) is 2.97. The fourth-order valence-corrected chi connectivity index (χ4v) is 4.19. The van der Waals surface area contributed by atoms with Gasteiger partial charge in [-0.2, -0.15) is 5.26 Å². The maximum atomic E-state index is 10.7. The lowest BCUT2D eigenvalue weighted by Gasteiger charge is -2.33. The van der Waals surface area contributed by atoms with Crippen LogP contribution in [0.25, 0.3) is 0 Å². The Morgan fingerprint density at radius 1 is 1.00 bits per heavy atom. The number of ether oxygens (including phenoxy) is 1. The van der Waals surface area contributed by atoms with Gasteiger partial charge >= 0.3 is 0 Å². The second-order valence-corrected chi connectivity index (χ2v) is 10.4. The zero-order valence-electron chi connectivity index (χ0n) is 17.0. The number of aliphatic hydroxyl groups is 1. The molecule has 1 N–H and O–H groups in total. The smallest absolute Gasteiger partial charge is 0.171 e. The van der Waals surface area contributed by atoms with Crippen LogP contribution in [-0.2, 0) is 4.43 Å². The summed E-state index contributed by atoms with van der Waals surface area (Å²) in [5.74, 6) is 0.506. The van der Waals surface area contributed by atoms with Crippen LogP contribution >= 0.6 is 0 Å². The van der Waals surface area contributed by atoms with Gasteiger partial charge in [-0.3, -0.25) is 0 Å². The molecule has 0 aromatic heterocycles. The number of nitrogens with zero attached hydrogens (tertiary/aromatic N) is 1. The topological polar surface area (TPSA) is 62.5 Å². The molecule has 2 aromatic rings. The Morgan fingerprint density at radius 3 is 2.04 bits per heavy atom. The van der Waals surface area contributed by atoms with Crippen LogP contribution in [0, 0.1) is 16.7 Å². The number of nitriles is 1. The Hall–Kier alpha value is -2.13. The van der Waals surface area contributed by atoms with Crippen molar-refractivity contribution in [3.05, 3.63) is 64.7 Å². The van der Waals surface area contributed by atoms with Gasteiger partial charge in [0.05, 0.1) is 18.8 Å². The van der Waals surface area contributed by atoms with E-state index in [-0.39, 0.29) is 11.5 Å². The predicted octanol–water partition coefficient (Wildman–Crippen LogP) is 4.74. The highest BCUT2D eigenvalue weighted by Gasteiger charge is 2.28. The molecule has 5 heteroatoms. The first-order valence-corrected chi connectivity index (χ1v) is 12.0. The maximum Gasteiger partial charge on any atom is 0.171 e. The monoisotopic (exact) mass is 383 g/mol. The second-order valence-electron chi connectivity index (χ2n) is 8.07. The van der Waals surface area contributed by atoms with Crippen molar-refractivity contribution in [3.8, 4) is 11.8 Å². The van der Waals surface area contributed by atoms with E-state index in [1.54, 1.807) is 18.2 Å². The summed E-state index contributed by atoms with van der Waals surface area (Å²) in [5, 5.41) is 20.0. The van der Waals surface area contributed by atoms with Crippen LogP contribution in [0.4, 0.5) is 0 Å². The number of aliphatic hydroxyl groups excluding tert-OH is 1. The van der Waals surface area contributed by atoms with Gasteiger partial charge in [0, 0.05) is 0 Å². The van der Waals surface area contributed by atoms with Crippen LogP contribution in [0.1, 0.15) is 55.2 Å². The van der Waals surface area contributed by atoms with E-state index in [0.29, 0.717) is 16.9 Å². The van der Waals surface area contributed by atoms with Gasteiger partial charge in [-0.15, -0.1) is 0 Å². The van der Waals surface area contributed by atoms with Crippen LogP contribution in [0.5, 0.6) is 5.75 Å². The highest BCUT2D eigenvalue weighted by molar-refractivity contribution is 6.48. The van der Waals surface area contributed by atoms with Gasteiger partial charge < -0.3 is 14.3 Å². The highest BCUT2D eigenvalue weighted by Crippen LogP contribution is 2.37. The van der Waals surface area contributed by atoms with Crippen LogP contribution in [0.3, 0.4) is 0 Å². The zero-order valence-corrected chi connectivity index (χ0v) is 18.1. The van der Waals surface area contributed by atoms with Crippen molar-refractivity contribution in [2.45, 2.75) is 46.1 Å². The lowest BCUT2D eigenvalue weighted by atomic mass is 9.84. The number of benzene rings is 2. The number of methoxy groups -OCH3 is 1. The first-order chi connectivity index (χ1) is 12.7. The van der Waals surface area contributed by atoms with Crippen LogP contribution in [0.15, 0.2) is 42.5 Å². The Labute approximate surface area is 164 Å². The van der Waals surface area contributed by atoms with Crippen molar-refractivity contribution in [2.24, 2.45) is 5.41 Å². The minimum absolute atomic E-state index is 0.00488. The molecule has 0 aliphatic heterocycles. The summed E-state index contributed by atoms with van der Waals surface area (Å²) in [6.07, 6.45) is -0.771. The largest absolute Gasteiger partial charge is 0.495 e. The van der Waals surface area contributed by atoms with E-state index < -0.39 is 15.1 Å². The molecular weight excluding hydrogens is 354 g/mol. The molecule has 0 bridgehead atoms. The van der Waals surface area contributed by atoms with E-state index in [4.69, 9.17) is 9.16 Å². The van der Waals surface area contributed by atoms with Gasteiger partial charge in [-0.25, -0.2) is 0 Å². The quantitative estimate of drug-likeness (QED) is 0.732. The lowest BCUT2D eigenvalue weighted by Crippen LogP contribution is -2.25. The maximum absolute atomic E-state index is 10.7. The molecule has 0 aliphatic carbocycles. The van der Waals surface area contributed by atoms with E-state index in [1.807, 2.05) is 24.3 Å². The molecule has 2 aromatic carbocycles. The van der Waals surface area contributed by atoms with E-state index >= 15 is 0 Å². The first kappa shape index (κ1) is 21.2. The van der Waals surface area contributed by atoms with Gasteiger partial charge in [0.2, 0.25) is 0 Å². The average molecular weight is 384 g/mol. The molecule has 27 heavy (non-hydrogen) atoms. The molecule has 0 fully saturated rings. The van der Waals surface area contributed by atoms with Crippen LogP contribution in [-0.4, -0.2) is 21.3 Å². The van der Waals surface area contributed by atoms with E-state index in [2.05, 4.69) is 39.9 Å². The van der Waals surface area contributed by atoms with Crippen molar-refractivity contribution >= 4 is 9.04 Å². The van der Waals surface area contributed by atoms with Crippen LogP contribution in [0.2, 0.25) is 13.1 Å². The third kappa shape index (κ3) is 5.20.